The third kappa shape index (κ3) is 9.29. The van der Waals surface area contributed by atoms with Crippen molar-refractivity contribution >= 4 is 12.1 Å². The highest BCUT2D eigenvalue weighted by Crippen LogP contribution is 2.31. The average molecular weight is 488 g/mol. The molecule has 35 heavy (non-hydrogen) atoms. The van der Waals surface area contributed by atoms with Crippen molar-refractivity contribution in [3.05, 3.63) is 71.8 Å². The standard InChI is InChI=1S/C26H37N3O6/c1-24(2,3)35-22(30)26(27,21-15-8-5-9-16-21)18-25(32,33)19-29(28)23(31)34-17-11-10-14-20-12-6-4-7-13-20/h4-9,12-13,15-16,32-33H,10-11,14,17-19,27-28H2,1-3H3. The molecule has 0 spiro atoms. The molecule has 0 aliphatic carbocycles. The first-order valence-corrected chi connectivity index (χ1v) is 11.6. The molecule has 6 N–H and O–H groups in total. The van der Waals surface area contributed by atoms with Crippen molar-refractivity contribution in [1.82, 2.24) is 5.01 Å². The summed E-state index contributed by atoms with van der Waals surface area (Å²) in [6.45, 7) is 4.44. The summed E-state index contributed by atoms with van der Waals surface area (Å²) in [5.41, 5.74) is 5.16. The number of amides is 1. The molecule has 2 rings (SSSR count). The van der Waals surface area contributed by atoms with E-state index in [1.807, 2.05) is 30.3 Å². The van der Waals surface area contributed by atoms with Crippen LogP contribution < -0.4 is 11.6 Å². The molecule has 0 saturated heterocycles. The minimum Gasteiger partial charge on any atom is -0.458 e. The number of hydrogen-bond acceptors (Lipinski definition) is 8. The Morgan fingerprint density at radius 2 is 1.51 bits per heavy atom. The Balaban J connectivity index is 1.95. The summed E-state index contributed by atoms with van der Waals surface area (Å²) in [5.74, 6) is 2.28. The lowest BCUT2D eigenvalue weighted by Gasteiger charge is -2.37. The fourth-order valence-electron chi connectivity index (χ4n) is 3.55. The molecule has 0 radical (unpaired) electrons. The summed E-state index contributed by atoms with van der Waals surface area (Å²) >= 11 is 0. The summed E-state index contributed by atoms with van der Waals surface area (Å²) in [5, 5.41) is 21.9. The van der Waals surface area contributed by atoms with Gasteiger partial charge in [0.15, 0.2) is 5.79 Å². The molecule has 0 bridgehead atoms. The van der Waals surface area contributed by atoms with Crippen LogP contribution in [0.2, 0.25) is 0 Å². The van der Waals surface area contributed by atoms with Gasteiger partial charge in [-0.2, -0.15) is 0 Å². The minimum absolute atomic E-state index is 0.131. The van der Waals surface area contributed by atoms with E-state index in [4.69, 9.17) is 21.1 Å². The molecule has 0 aliphatic heterocycles. The molecule has 0 saturated carbocycles. The van der Waals surface area contributed by atoms with E-state index in [9.17, 15) is 19.8 Å². The molecule has 2 aromatic rings. The number of hydrazine groups is 1. The largest absolute Gasteiger partial charge is 0.458 e. The Morgan fingerprint density at radius 3 is 2.09 bits per heavy atom. The lowest BCUT2D eigenvalue weighted by Crippen LogP contribution is -2.57. The van der Waals surface area contributed by atoms with Gasteiger partial charge in [0.1, 0.15) is 11.1 Å². The van der Waals surface area contributed by atoms with Gasteiger partial charge in [-0.1, -0.05) is 60.7 Å². The molecule has 192 valence electrons. The van der Waals surface area contributed by atoms with Gasteiger partial charge in [0.05, 0.1) is 13.2 Å². The van der Waals surface area contributed by atoms with Crippen LogP contribution in [-0.4, -0.2) is 51.8 Å². The topological polar surface area (TPSA) is 148 Å². The lowest BCUT2D eigenvalue weighted by molar-refractivity contribution is -0.198. The first kappa shape index (κ1) is 28.3. The van der Waals surface area contributed by atoms with Gasteiger partial charge in [-0.25, -0.2) is 20.4 Å². The summed E-state index contributed by atoms with van der Waals surface area (Å²) in [6, 6.07) is 18.2. The molecule has 9 heteroatoms. The van der Waals surface area contributed by atoms with Crippen LogP contribution in [0.5, 0.6) is 0 Å². The second kappa shape index (κ2) is 12.1. The Morgan fingerprint density at radius 1 is 0.943 bits per heavy atom. The van der Waals surface area contributed by atoms with Crippen molar-refractivity contribution in [2.24, 2.45) is 11.6 Å². The van der Waals surface area contributed by atoms with Gasteiger partial charge in [-0.3, -0.25) is 0 Å². The lowest BCUT2D eigenvalue weighted by atomic mass is 9.83. The van der Waals surface area contributed by atoms with Crippen LogP contribution in [0, 0.1) is 0 Å². The van der Waals surface area contributed by atoms with Crippen LogP contribution in [0.4, 0.5) is 4.79 Å². The SMILES string of the molecule is CC(C)(C)OC(=O)C(N)(CC(O)(O)CN(N)C(=O)OCCCCc1ccccc1)c1ccccc1. The molecule has 1 amide bonds. The number of aliphatic hydroxyl groups is 2. The molecular formula is C26H37N3O6. The summed E-state index contributed by atoms with van der Waals surface area (Å²) < 4.78 is 10.6. The quantitative estimate of drug-likeness (QED) is 0.0944. The van der Waals surface area contributed by atoms with Crippen molar-refractivity contribution < 1.29 is 29.3 Å². The van der Waals surface area contributed by atoms with E-state index in [0.717, 1.165) is 12.8 Å². The number of benzene rings is 2. The zero-order valence-electron chi connectivity index (χ0n) is 20.6. The third-order valence-corrected chi connectivity index (χ3v) is 5.20. The highest BCUT2D eigenvalue weighted by Gasteiger charge is 2.46. The molecular weight excluding hydrogens is 450 g/mol. The first-order chi connectivity index (χ1) is 16.3. The summed E-state index contributed by atoms with van der Waals surface area (Å²) in [7, 11) is 0. The maximum Gasteiger partial charge on any atom is 0.424 e. The van der Waals surface area contributed by atoms with Crippen LogP contribution in [0.1, 0.15) is 51.2 Å². The van der Waals surface area contributed by atoms with Crippen LogP contribution in [0.25, 0.3) is 0 Å². The maximum atomic E-state index is 13.0. The maximum absolute atomic E-state index is 13.0. The van der Waals surface area contributed by atoms with E-state index in [1.54, 1.807) is 51.1 Å². The predicted molar refractivity (Wildman–Crippen MR) is 132 cm³/mol. The molecule has 0 heterocycles. The molecule has 9 nitrogen and oxygen atoms in total. The normalized spacial score (nSPS) is 13.6. The number of unbranched alkanes of at least 4 members (excludes halogenated alkanes) is 1. The van der Waals surface area contributed by atoms with Crippen LogP contribution in [-0.2, 0) is 26.2 Å². The monoisotopic (exact) mass is 487 g/mol. The predicted octanol–water partition coefficient (Wildman–Crippen LogP) is 2.59. The molecule has 1 atom stereocenters. The van der Waals surface area contributed by atoms with Crippen molar-refractivity contribution in [3.63, 3.8) is 0 Å². The zero-order valence-corrected chi connectivity index (χ0v) is 20.6. The van der Waals surface area contributed by atoms with Crippen LogP contribution in [0.15, 0.2) is 60.7 Å². The molecule has 0 fully saturated rings. The fourth-order valence-corrected chi connectivity index (χ4v) is 3.55. The van der Waals surface area contributed by atoms with Gasteiger partial charge in [0.25, 0.3) is 0 Å². The second-order valence-electron chi connectivity index (χ2n) is 9.68. The fraction of sp³-hybridized carbons (Fsp3) is 0.462. The Kier molecular flexibility index (Phi) is 9.79. The highest BCUT2D eigenvalue weighted by atomic mass is 16.6. The van der Waals surface area contributed by atoms with E-state index in [-0.39, 0.29) is 6.61 Å². The Hall–Kier alpha value is -2.98. The number of nitrogens with zero attached hydrogens (tertiary/aromatic N) is 1. The van der Waals surface area contributed by atoms with Crippen molar-refractivity contribution in [2.45, 2.75) is 63.4 Å². The van der Waals surface area contributed by atoms with Gasteiger partial charge in [-0.05, 0) is 51.2 Å². The average Bonchev–Trinajstić information content (AvgIpc) is 2.78. The number of carbonyl (C=O) groups excluding carboxylic acids is 2. The van der Waals surface area contributed by atoms with Gasteiger partial charge < -0.3 is 25.4 Å². The number of aryl methyl sites for hydroxylation is 1. The van der Waals surface area contributed by atoms with Gasteiger partial charge in [0, 0.05) is 6.42 Å². The highest BCUT2D eigenvalue weighted by molar-refractivity contribution is 5.83. The number of rotatable bonds is 11. The summed E-state index contributed by atoms with van der Waals surface area (Å²) in [4.78, 5) is 25.2. The van der Waals surface area contributed by atoms with Crippen LogP contribution in [0.3, 0.4) is 0 Å². The molecule has 2 aromatic carbocycles. The number of esters is 1. The number of nitrogens with two attached hydrogens (primary N) is 2. The number of ether oxygens (including phenoxy) is 2. The molecule has 0 aliphatic rings. The van der Waals surface area contributed by atoms with E-state index >= 15 is 0 Å². The zero-order chi connectivity index (χ0) is 26.1. The van der Waals surface area contributed by atoms with Crippen molar-refractivity contribution in [1.29, 1.82) is 0 Å². The van der Waals surface area contributed by atoms with Crippen molar-refractivity contribution in [3.8, 4) is 0 Å². The van der Waals surface area contributed by atoms with E-state index in [1.165, 1.54) is 5.56 Å². The van der Waals surface area contributed by atoms with Crippen LogP contribution >= 0.6 is 0 Å². The number of hydrogen-bond donors (Lipinski definition) is 4. The molecule has 1 unspecified atom stereocenters. The second-order valence-corrected chi connectivity index (χ2v) is 9.68. The van der Waals surface area contributed by atoms with Gasteiger partial charge in [-0.15, -0.1) is 0 Å². The van der Waals surface area contributed by atoms with E-state index in [0.29, 0.717) is 17.0 Å². The Bertz CT molecular complexity index is 947. The minimum atomic E-state index is -2.61. The van der Waals surface area contributed by atoms with Gasteiger partial charge in [0.2, 0.25) is 0 Å². The number of carbonyl (C=O) groups is 2. The third-order valence-electron chi connectivity index (χ3n) is 5.20. The molecule has 0 aromatic heterocycles. The summed E-state index contributed by atoms with van der Waals surface area (Å²) in [6.07, 6.45) is 0.697. The first-order valence-electron chi connectivity index (χ1n) is 11.6. The van der Waals surface area contributed by atoms with Gasteiger partial charge >= 0.3 is 12.1 Å². The smallest absolute Gasteiger partial charge is 0.424 e. The van der Waals surface area contributed by atoms with E-state index < -0.39 is 42.0 Å². The van der Waals surface area contributed by atoms with Crippen molar-refractivity contribution in [2.75, 3.05) is 13.2 Å². The Labute approximate surface area is 206 Å². The van der Waals surface area contributed by atoms with E-state index in [2.05, 4.69) is 0 Å².